The maximum absolute atomic E-state index is 5.70. The van der Waals surface area contributed by atoms with Crippen molar-refractivity contribution in [3.8, 4) is 0 Å². The van der Waals surface area contributed by atoms with E-state index in [0.29, 0.717) is 6.10 Å². The second-order valence-electron chi connectivity index (χ2n) is 4.40. The summed E-state index contributed by atoms with van der Waals surface area (Å²) in [6, 6.07) is 6.32. The Morgan fingerprint density at radius 3 is 3.29 bits per heavy atom. The molecule has 1 saturated heterocycles. The topological polar surface area (TPSA) is 34.2 Å². The van der Waals surface area contributed by atoms with Crippen molar-refractivity contribution in [2.24, 2.45) is 0 Å². The Balaban J connectivity index is 1.63. The molecular weight excluding hydrogens is 232 g/mol. The third-order valence-electron chi connectivity index (χ3n) is 3.14. The first-order chi connectivity index (χ1) is 8.42. The van der Waals surface area contributed by atoms with Gasteiger partial charge in [0.25, 0.3) is 0 Å². The summed E-state index contributed by atoms with van der Waals surface area (Å²) in [6.07, 6.45) is 4.06. The molecule has 0 saturated carbocycles. The average Bonchev–Trinajstić information content (AvgIpc) is 2.85. The highest BCUT2D eigenvalue weighted by Crippen LogP contribution is 2.22. The zero-order valence-electron chi connectivity index (χ0n) is 9.69. The molecule has 1 atom stereocenters. The van der Waals surface area contributed by atoms with Crippen molar-refractivity contribution in [2.45, 2.75) is 25.4 Å². The first-order valence-corrected chi connectivity index (χ1v) is 6.98. The van der Waals surface area contributed by atoms with E-state index in [-0.39, 0.29) is 0 Å². The van der Waals surface area contributed by atoms with Crippen LogP contribution in [0.15, 0.2) is 23.7 Å². The van der Waals surface area contributed by atoms with Crippen LogP contribution in [0.1, 0.15) is 19.3 Å². The van der Waals surface area contributed by atoms with Crippen molar-refractivity contribution < 1.29 is 4.74 Å². The van der Waals surface area contributed by atoms with Gasteiger partial charge in [0.1, 0.15) is 0 Å². The lowest BCUT2D eigenvalue weighted by molar-refractivity contribution is 0.0247. The molecule has 0 bridgehead atoms. The number of fused-ring (bicyclic) bond motifs is 1. The maximum Gasteiger partial charge on any atom is 0.0813 e. The van der Waals surface area contributed by atoms with Crippen LogP contribution in [-0.2, 0) is 4.74 Å². The normalized spacial score (nSPS) is 20.6. The number of thiazole rings is 1. The van der Waals surface area contributed by atoms with Gasteiger partial charge >= 0.3 is 0 Å². The first kappa shape index (κ1) is 11.0. The highest BCUT2D eigenvalue weighted by atomic mass is 32.1. The summed E-state index contributed by atoms with van der Waals surface area (Å²) < 4.78 is 6.94. The lowest BCUT2D eigenvalue weighted by atomic mass is 10.1. The van der Waals surface area contributed by atoms with Crippen molar-refractivity contribution in [1.82, 2.24) is 4.98 Å². The number of nitrogens with one attached hydrogen (secondary N) is 1. The Morgan fingerprint density at radius 1 is 1.41 bits per heavy atom. The number of nitrogens with zero attached hydrogens (tertiary/aromatic N) is 1. The minimum atomic E-state index is 0.376. The molecule has 3 nitrogen and oxygen atoms in total. The van der Waals surface area contributed by atoms with E-state index in [1.807, 2.05) is 5.51 Å². The summed E-state index contributed by atoms with van der Waals surface area (Å²) in [5.74, 6) is 0. The van der Waals surface area contributed by atoms with Crippen molar-refractivity contribution >= 4 is 27.2 Å². The van der Waals surface area contributed by atoms with Crippen molar-refractivity contribution in [2.75, 3.05) is 18.5 Å². The summed E-state index contributed by atoms with van der Waals surface area (Å²) in [5, 5.41) is 3.45. The van der Waals surface area contributed by atoms with E-state index in [4.69, 9.17) is 4.74 Å². The van der Waals surface area contributed by atoms with E-state index in [9.17, 15) is 0 Å². The van der Waals surface area contributed by atoms with Crippen molar-refractivity contribution in [3.05, 3.63) is 23.7 Å². The van der Waals surface area contributed by atoms with E-state index in [2.05, 4.69) is 28.5 Å². The lowest BCUT2D eigenvalue weighted by Gasteiger charge is -2.23. The van der Waals surface area contributed by atoms with E-state index in [1.54, 1.807) is 11.3 Å². The molecule has 1 aliphatic rings. The van der Waals surface area contributed by atoms with Gasteiger partial charge in [0.05, 0.1) is 21.8 Å². The molecule has 3 rings (SSSR count). The quantitative estimate of drug-likeness (QED) is 0.905. The minimum absolute atomic E-state index is 0.376. The van der Waals surface area contributed by atoms with Crippen molar-refractivity contribution in [1.29, 1.82) is 0 Å². The zero-order chi connectivity index (χ0) is 11.5. The maximum atomic E-state index is 5.70. The Labute approximate surface area is 105 Å². The number of hydrogen-bond acceptors (Lipinski definition) is 4. The van der Waals surface area contributed by atoms with E-state index in [0.717, 1.165) is 24.4 Å². The molecule has 1 fully saturated rings. The van der Waals surface area contributed by atoms with Gasteiger partial charge in [-0.1, -0.05) is 0 Å². The van der Waals surface area contributed by atoms with Crippen LogP contribution in [0.5, 0.6) is 0 Å². The van der Waals surface area contributed by atoms with Crippen LogP contribution in [0, 0.1) is 0 Å². The predicted octanol–water partition coefficient (Wildman–Crippen LogP) is 3.28. The van der Waals surface area contributed by atoms with Gasteiger partial charge < -0.3 is 10.1 Å². The molecule has 1 unspecified atom stereocenters. The Hall–Kier alpha value is -1.13. The SMILES string of the molecule is c1nc2ccc(NCC3CCCCO3)cc2s1. The molecule has 1 aromatic heterocycles. The molecule has 0 aliphatic carbocycles. The lowest BCUT2D eigenvalue weighted by Crippen LogP contribution is -2.26. The number of rotatable bonds is 3. The van der Waals surface area contributed by atoms with Crippen LogP contribution in [0.2, 0.25) is 0 Å². The van der Waals surface area contributed by atoms with Gasteiger partial charge in [-0.05, 0) is 37.5 Å². The van der Waals surface area contributed by atoms with Crippen LogP contribution < -0.4 is 5.32 Å². The zero-order valence-corrected chi connectivity index (χ0v) is 10.5. The fourth-order valence-electron chi connectivity index (χ4n) is 2.17. The van der Waals surface area contributed by atoms with Gasteiger partial charge in [0, 0.05) is 18.8 Å². The van der Waals surface area contributed by atoms with E-state index in [1.165, 1.54) is 24.0 Å². The Kier molecular flexibility index (Phi) is 3.25. The summed E-state index contributed by atoms with van der Waals surface area (Å²) in [4.78, 5) is 4.28. The van der Waals surface area contributed by atoms with E-state index < -0.39 is 0 Å². The molecule has 2 aromatic rings. The summed E-state index contributed by atoms with van der Waals surface area (Å²) in [7, 11) is 0. The summed E-state index contributed by atoms with van der Waals surface area (Å²) in [6.45, 7) is 1.82. The van der Waals surface area contributed by atoms with Crippen LogP contribution in [0.3, 0.4) is 0 Å². The highest BCUT2D eigenvalue weighted by Gasteiger charge is 2.13. The van der Waals surface area contributed by atoms with Crippen LogP contribution >= 0.6 is 11.3 Å². The van der Waals surface area contributed by atoms with Gasteiger partial charge in [0.15, 0.2) is 0 Å². The Morgan fingerprint density at radius 2 is 2.41 bits per heavy atom. The van der Waals surface area contributed by atoms with Crippen molar-refractivity contribution in [3.63, 3.8) is 0 Å². The number of hydrogen-bond donors (Lipinski definition) is 1. The molecular formula is C13H16N2OS. The number of ether oxygens (including phenoxy) is 1. The van der Waals surface area contributed by atoms with Crippen LogP contribution in [0.4, 0.5) is 5.69 Å². The second-order valence-corrected chi connectivity index (χ2v) is 5.29. The predicted molar refractivity (Wildman–Crippen MR) is 71.7 cm³/mol. The van der Waals surface area contributed by atoms with Gasteiger partial charge in [0.2, 0.25) is 0 Å². The van der Waals surface area contributed by atoms with Crippen LogP contribution in [0.25, 0.3) is 10.2 Å². The minimum Gasteiger partial charge on any atom is -0.382 e. The number of benzene rings is 1. The fraction of sp³-hybridized carbons (Fsp3) is 0.462. The molecule has 2 heterocycles. The average molecular weight is 248 g/mol. The van der Waals surface area contributed by atoms with Crippen LogP contribution in [-0.4, -0.2) is 24.2 Å². The molecule has 1 aromatic carbocycles. The summed E-state index contributed by atoms with van der Waals surface area (Å²) >= 11 is 1.68. The Bertz CT molecular complexity index is 491. The monoisotopic (exact) mass is 248 g/mol. The van der Waals surface area contributed by atoms with Gasteiger partial charge in [-0.3, -0.25) is 0 Å². The largest absolute Gasteiger partial charge is 0.382 e. The molecule has 1 aliphatic heterocycles. The molecule has 17 heavy (non-hydrogen) atoms. The molecule has 0 radical (unpaired) electrons. The first-order valence-electron chi connectivity index (χ1n) is 6.10. The molecule has 90 valence electrons. The highest BCUT2D eigenvalue weighted by molar-refractivity contribution is 7.16. The standard InChI is InChI=1S/C13H16N2OS/c1-2-6-16-11(3-1)8-14-10-4-5-12-13(7-10)17-9-15-12/h4-5,7,9,11,14H,1-3,6,8H2. The molecule has 0 spiro atoms. The smallest absolute Gasteiger partial charge is 0.0813 e. The third-order valence-corrected chi connectivity index (χ3v) is 3.93. The third kappa shape index (κ3) is 2.58. The fourth-order valence-corrected chi connectivity index (χ4v) is 2.88. The molecule has 4 heteroatoms. The van der Waals surface area contributed by atoms with Gasteiger partial charge in [-0.2, -0.15) is 0 Å². The number of anilines is 1. The molecule has 1 N–H and O–H groups in total. The van der Waals surface area contributed by atoms with E-state index >= 15 is 0 Å². The molecule has 0 amide bonds. The summed E-state index contributed by atoms with van der Waals surface area (Å²) in [5.41, 5.74) is 4.13. The van der Waals surface area contributed by atoms with Gasteiger partial charge in [-0.15, -0.1) is 11.3 Å². The number of aromatic nitrogens is 1. The van der Waals surface area contributed by atoms with Gasteiger partial charge in [-0.25, -0.2) is 4.98 Å². The second kappa shape index (κ2) is 5.02.